The van der Waals surface area contributed by atoms with E-state index < -0.39 is 5.79 Å². The zero-order chi connectivity index (χ0) is 12.8. The first-order valence-corrected chi connectivity index (χ1v) is 6.18. The molecule has 0 radical (unpaired) electrons. The third kappa shape index (κ3) is 1.73. The summed E-state index contributed by atoms with van der Waals surface area (Å²) in [6, 6.07) is 8.22. The van der Waals surface area contributed by atoms with Crippen molar-refractivity contribution in [3.05, 3.63) is 36.0 Å². The third-order valence-electron chi connectivity index (χ3n) is 3.53. The molecule has 1 aliphatic rings. The fraction of sp³-hybridized carbons (Fsp3) is 0.429. The van der Waals surface area contributed by atoms with Gasteiger partial charge in [0, 0.05) is 29.7 Å². The van der Waals surface area contributed by atoms with Gasteiger partial charge in [-0.05, 0) is 13.0 Å². The second-order valence-corrected chi connectivity index (χ2v) is 5.00. The molecule has 1 aromatic heterocycles. The molecule has 0 bridgehead atoms. The highest BCUT2D eigenvalue weighted by atomic mass is 16.7. The lowest BCUT2D eigenvalue weighted by molar-refractivity contribution is -0.269. The van der Waals surface area contributed by atoms with Crippen molar-refractivity contribution >= 4 is 10.9 Å². The van der Waals surface area contributed by atoms with Crippen LogP contribution in [0.1, 0.15) is 12.5 Å². The summed E-state index contributed by atoms with van der Waals surface area (Å²) in [6.07, 6.45) is 2.07. The van der Waals surface area contributed by atoms with Crippen LogP contribution in [0.4, 0.5) is 0 Å². The largest absolute Gasteiger partial charge is 0.350 e. The van der Waals surface area contributed by atoms with Gasteiger partial charge >= 0.3 is 0 Å². The molecule has 1 aliphatic heterocycles. The first-order chi connectivity index (χ1) is 8.60. The summed E-state index contributed by atoms with van der Waals surface area (Å²) in [6.45, 7) is 3.01. The molecule has 0 amide bonds. The molecule has 1 fully saturated rings. The Bertz CT molecular complexity index is 568. The van der Waals surface area contributed by atoms with Gasteiger partial charge in [0.2, 0.25) is 0 Å². The quantitative estimate of drug-likeness (QED) is 0.833. The van der Waals surface area contributed by atoms with Crippen LogP contribution in [0, 0.1) is 0 Å². The molecule has 0 saturated carbocycles. The maximum atomic E-state index is 5.82. The Balaban J connectivity index is 2.09. The molecule has 1 saturated heterocycles. The highest BCUT2D eigenvalue weighted by Crippen LogP contribution is 2.35. The van der Waals surface area contributed by atoms with Gasteiger partial charge in [0.25, 0.3) is 0 Å². The fourth-order valence-electron chi connectivity index (χ4n) is 2.48. The van der Waals surface area contributed by atoms with Crippen molar-refractivity contribution in [3.8, 4) is 0 Å². The zero-order valence-electron chi connectivity index (χ0n) is 10.7. The van der Waals surface area contributed by atoms with Crippen molar-refractivity contribution in [1.82, 2.24) is 4.57 Å². The summed E-state index contributed by atoms with van der Waals surface area (Å²) in [5.74, 6) is -0.698. The van der Waals surface area contributed by atoms with E-state index in [1.54, 1.807) is 0 Å². The number of benzene rings is 1. The molecule has 3 rings (SSSR count). The van der Waals surface area contributed by atoms with Gasteiger partial charge in [-0.15, -0.1) is 0 Å². The second kappa shape index (κ2) is 4.09. The van der Waals surface area contributed by atoms with Crippen LogP contribution in [0.15, 0.2) is 30.5 Å². The van der Waals surface area contributed by atoms with Crippen LogP contribution in [0.5, 0.6) is 0 Å². The Kier molecular flexibility index (Phi) is 2.66. The lowest BCUT2D eigenvalue weighted by atomic mass is 10.1. The van der Waals surface area contributed by atoms with Crippen LogP contribution in [0.2, 0.25) is 0 Å². The van der Waals surface area contributed by atoms with Crippen LogP contribution >= 0.6 is 0 Å². The summed E-state index contributed by atoms with van der Waals surface area (Å²) in [5, 5.41) is 1.16. The van der Waals surface area contributed by atoms with Gasteiger partial charge in [-0.25, -0.2) is 0 Å². The summed E-state index contributed by atoms with van der Waals surface area (Å²) < 4.78 is 13.7. The van der Waals surface area contributed by atoms with E-state index in [1.807, 2.05) is 26.1 Å². The molecule has 0 atom stereocenters. The van der Waals surface area contributed by atoms with E-state index in [-0.39, 0.29) is 6.04 Å². The number of rotatable bonds is 1. The van der Waals surface area contributed by atoms with Gasteiger partial charge < -0.3 is 19.8 Å². The van der Waals surface area contributed by atoms with Gasteiger partial charge in [-0.1, -0.05) is 18.2 Å². The molecule has 2 N–H and O–H groups in total. The highest BCUT2D eigenvalue weighted by molar-refractivity contribution is 5.84. The number of hydrogen-bond acceptors (Lipinski definition) is 3. The molecular formula is C14H18N2O2. The molecule has 18 heavy (non-hydrogen) atoms. The van der Waals surface area contributed by atoms with Crippen LogP contribution in [0.3, 0.4) is 0 Å². The molecular weight excluding hydrogens is 228 g/mol. The number of fused-ring (bicyclic) bond motifs is 1. The van der Waals surface area contributed by atoms with E-state index in [4.69, 9.17) is 15.2 Å². The minimum atomic E-state index is -0.698. The Hall–Kier alpha value is -1.36. The number of aromatic nitrogens is 1. The van der Waals surface area contributed by atoms with Gasteiger partial charge in [-0.2, -0.15) is 0 Å². The lowest BCUT2D eigenvalue weighted by Gasteiger charge is -2.36. The van der Waals surface area contributed by atoms with Crippen LogP contribution < -0.4 is 5.73 Å². The number of ether oxygens (including phenoxy) is 2. The minimum absolute atomic E-state index is 0.0342. The second-order valence-electron chi connectivity index (χ2n) is 5.00. The topological polar surface area (TPSA) is 49.4 Å². The van der Waals surface area contributed by atoms with Crippen LogP contribution in [0.25, 0.3) is 10.9 Å². The first kappa shape index (κ1) is 11.7. The number of para-hydroxylation sites is 1. The summed E-state index contributed by atoms with van der Waals surface area (Å²) in [5.41, 5.74) is 8.04. The van der Waals surface area contributed by atoms with Gasteiger partial charge in [0.05, 0.1) is 19.3 Å². The molecule has 2 aromatic rings. The molecule has 1 aromatic carbocycles. The summed E-state index contributed by atoms with van der Waals surface area (Å²) in [7, 11) is 2.03. The molecule has 0 aliphatic carbocycles. The van der Waals surface area contributed by atoms with Crippen molar-refractivity contribution in [2.24, 2.45) is 12.8 Å². The lowest BCUT2D eigenvalue weighted by Crippen LogP contribution is -2.45. The monoisotopic (exact) mass is 246 g/mol. The predicted molar refractivity (Wildman–Crippen MR) is 70.2 cm³/mol. The van der Waals surface area contributed by atoms with Crippen molar-refractivity contribution in [2.75, 3.05) is 13.2 Å². The van der Waals surface area contributed by atoms with E-state index >= 15 is 0 Å². The zero-order valence-corrected chi connectivity index (χ0v) is 10.7. The van der Waals surface area contributed by atoms with E-state index in [0.29, 0.717) is 13.2 Å². The normalized spacial score (nSPS) is 28.7. The Morgan fingerprint density at radius 2 is 1.94 bits per heavy atom. The van der Waals surface area contributed by atoms with E-state index in [9.17, 15) is 0 Å². The number of nitrogens with zero attached hydrogens (tertiary/aromatic N) is 1. The van der Waals surface area contributed by atoms with Crippen molar-refractivity contribution in [1.29, 1.82) is 0 Å². The van der Waals surface area contributed by atoms with E-state index in [0.717, 1.165) is 10.9 Å². The molecule has 4 heteroatoms. The maximum absolute atomic E-state index is 5.82. The van der Waals surface area contributed by atoms with Crippen LogP contribution in [-0.2, 0) is 22.3 Å². The Morgan fingerprint density at radius 1 is 1.28 bits per heavy atom. The number of nitrogens with two attached hydrogens (primary N) is 1. The molecule has 2 heterocycles. The predicted octanol–water partition coefficient (Wildman–Crippen LogP) is 1.73. The summed E-state index contributed by atoms with van der Waals surface area (Å²) >= 11 is 0. The van der Waals surface area contributed by atoms with Crippen LogP contribution in [-0.4, -0.2) is 23.8 Å². The SMILES string of the molecule is Cn1cc(C2(C)OCC(N)CO2)c2ccccc21. The number of hydrogen-bond donors (Lipinski definition) is 1. The number of aryl methyl sites for hydroxylation is 1. The average molecular weight is 246 g/mol. The van der Waals surface area contributed by atoms with E-state index in [2.05, 4.69) is 22.9 Å². The van der Waals surface area contributed by atoms with Gasteiger partial charge in [0.1, 0.15) is 0 Å². The Morgan fingerprint density at radius 3 is 2.67 bits per heavy atom. The van der Waals surface area contributed by atoms with Crippen molar-refractivity contribution < 1.29 is 9.47 Å². The summed E-state index contributed by atoms with van der Waals surface area (Å²) in [4.78, 5) is 0. The standard InChI is InChI=1S/C14H18N2O2/c1-14(17-8-10(15)9-18-14)12-7-16(2)13-6-4-3-5-11(12)13/h3-7,10H,8-9,15H2,1-2H3. The molecule has 0 unspecified atom stereocenters. The van der Waals surface area contributed by atoms with E-state index in [1.165, 1.54) is 5.52 Å². The third-order valence-corrected chi connectivity index (χ3v) is 3.53. The highest BCUT2D eigenvalue weighted by Gasteiger charge is 2.36. The molecule has 96 valence electrons. The minimum Gasteiger partial charge on any atom is -0.350 e. The maximum Gasteiger partial charge on any atom is 0.194 e. The average Bonchev–Trinajstić information content (AvgIpc) is 2.72. The molecule has 4 nitrogen and oxygen atoms in total. The van der Waals surface area contributed by atoms with Gasteiger partial charge in [0.15, 0.2) is 5.79 Å². The smallest absolute Gasteiger partial charge is 0.194 e. The Labute approximate surface area is 106 Å². The van der Waals surface area contributed by atoms with Crippen molar-refractivity contribution in [2.45, 2.75) is 18.8 Å². The van der Waals surface area contributed by atoms with Crippen molar-refractivity contribution in [3.63, 3.8) is 0 Å². The first-order valence-electron chi connectivity index (χ1n) is 6.18. The molecule has 0 spiro atoms. The van der Waals surface area contributed by atoms with Gasteiger partial charge in [-0.3, -0.25) is 0 Å². The fourth-order valence-corrected chi connectivity index (χ4v) is 2.48.